The maximum atomic E-state index is 12.3. The topological polar surface area (TPSA) is 35.5 Å². The highest BCUT2D eigenvalue weighted by Gasteiger charge is 2.46. The minimum atomic E-state index is -2.01. The molecule has 22 heavy (non-hydrogen) atoms. The average molecular weight is 438 g/mol. The van der Waals surface area contributed by atoms with Crippen LogP contribution in [0, 0.1) is 5.41 Å². The molecule has 0 rings (SSSR count). The van der Waals surface area contributed by atoms with Crippen LogP contribution in [0.25, 0.3) is 0 Å². The van der Waals surface area contributed by atoms with Gasteiger partial charge in [-0.05, 0) is 48.6 Å². The number of carbonyl (C=O) groups is 1. The number of hydrogen-bond acceptors (Lipinski definition) is 3. The first-order valence-electron chi connectivity index (χ1n) is 7.51. The van der Waals surface area contributed by atoms with Gasteiger partial charge in [-0.2, -0.15) is 0 Å². The molecule has 0 aromatic heterocycles. The van der Waals surface area contributed by atoms with Gasteiger partial charge in [0.2, 0.25) is 0 Å². The van der Waals surface area contributed by atoms with Crippen molar-refractivity contribution in [2.45, 2.75) is 65.8 Å². The zero-order valence-corrected chi connectivity index (χ0v) is 18.6. The first-order valence-corrected chi connectivity index (χ1v) is 11.7. The third kappa shape index (κ3) is 5.49. The lowest BCUT2D eigenvalue weighted by Crippen LogP contribution is -2.50. The van der Waals surface area contributed by atoms with Crippen molar-refractivity contribution in [3.05, 3.63) is 21.8 Å². The Morgan fingerprint density at radius 2 is 1.68 bits per heavy atom. The van der Waals surface area contributed by atoms with Gasteiger partial charge in [-0.1, -0.05) is 55.5 Å². The number of halogens is 1. The van der Waals surface area contributed by atoms with Crippen LogP contribution in [0.1, 0.15) is 41.5 Å². The molecule has 0 aliphatic rings. The van der Waals surface area contributed by atoms with Gasteiger partial charge in [-0.3, -0.25) is 4.79 Å². The Morgan fingerprint density at radius 3 is 2.05 bits per heavy atom. The number of ether oxygens (including phenoxy) is 1. The van der Waals surface area contributed by atoms with Crippen molar-refractivity contribution in [1.29, 1.82) is 0 Å². The molecule has 0 aliphatic carbocycles. The van der Waals surface area contributed by atoms with Crippen LogP contribution in [-0.4, -0.2) is 27.5 Å². The fourth-order valence-electron chi connectivity index (χ4n) is 1.93. The average Bonchev–Trinajstić information content (AvgIpc) is 2.39. The van der Waals surface area contributed by atoms with Gasteiger partial charge in [0.1, 0.15) is 0 Å². The standard InChI is InChI=1S/C17H31IO3Si/c1-13(11-10-12-18)14(17(5,6)15(19)20-7)21-22(8,9)16(2,3)4/h10-12,14H,1-9H3/b12-10+,13-11+/t14-/m0/s1. The zero-order valence-electron chi connectivity index (χ0n) is 15.4. The van der Waals surface area contributed by atoms with Gasteiger partial charge >= 0.3 is 5.97 Å². The zero-order chi connectivity index (χ0) is 17.8. The summed E-state index contributed by atoms with van der Waals surface area (Å²) in [6.45, 7) is 16.8. The van der Waals surface area contributed by atoms with Crippen molar-refractivity contribution in [2.24, 2.45) is 5.41 Å². The SMILES string of the molecule is COC(=O)C(C)(C)[C@@H](O[Si](C)(C)C(C)(C)C)/C(C)=C/C=C/I. The molecular weight excluding hydrogens is 407 g/mol. The van der Waals surface area contributed by atoms with Gasteiger partial charge in [0.05, 0.1) is 18.6 Å². The number of rotatable bonds is 6. The van der Waals surface area contributed by atoms with Crippen molar-refractivity contribution in [3.63, 3.8) is 0 Å². The molecule has 5 heteroatoms. The van der Waals surface area contributed by atoms with E-state index in [0.717, 1.165) is 5.57 Å². The maximum absolute atomic E-state index is 12.3. The highest BCUT2D eigenvalue weighted by molar-refractivity contribution is 14.1. The van der Waals surface area contributed by atoms with Crippen LogP contribution in [0.2, 0.25) is 18.1 Å². The number of esters is 1. The molecule has 128 valence electrons. The van der Waals surface area contributed by atoms with Gasteiger partial charge in [0, 0.05) is 0 Å². The van der Waals surface area contributed by atoms with Gasteiger partial charge in [-0.25, -0.2) is 0 Å². The summed E-state index contributed by atoms with van der Waals surface area (Å²) in [5.41, 5.74) is 0.303. The van der Waals surface area contributed by atoms with E-state index in [1.54, 1.807) is 0 Å². The third-order valence-electron chi connectivity index (χ3n) is 4.43. The minimum absolute atomic E-state index is 0.0802. The molecule has 0 spiro atoms. The van der Waals surface area contributed by atoms with E-state index in [4.69, 9.17) is 9.16 Å². The van der Waals surface area contributed by atoms with Crippen LogP contribution in [0.5, 0.6) is 0 Å². The second-order valence-electron chi connectivity index (χ2n) is 7.70. The molecule has 0 aromatic rings. The fourth-order valence-corrected chi connectivity index (χ4v) is 3.56. The lowest BCUT2D eigenvalue weighted by molar-refractivity contribution is -0.155. The van der Waals surface area contributed by atoms with Crippen LogP contribution < -0.4 is 0 Å². The Balaban J connectivity index is 5.79. The maximum Gasteiger partial charge on any atom is 0.314 e. The summed E-state index contributed by atoms with van der Waals surface area (Å²) in [6, 6.07) is 0. The van der Waals surface area contributed by atoms with Gasteiger partial charge in [-0.15, -0.1) is 0 Å². The molecule has 0 radical (unpaired) electrons. The molecule has 0 saturated heterocycles. The molecule has 0 bridgehead atoms. The van der Waals surface area contributed by atoms with Crippen molar-refractivity contribution in [3.8, 4) is 0 Å². The summed E-state index contributed by atoms with van der Waals surface area (Å²) < 4.78 is 13.5. The molecule has 0 aromatic carbocycles. The van der Waals surface area contributed by atoms with E-state index in [-0.39, 0.29) is 17.1 Å². The Labute approximate surface area is 150 Å². The van der Waals surface area contributed by atoms with E-state index in [9.17, 15) is 4.79 Å². The Morgan fingerprint density at radius 1 is 1.18 bits per heavy atom. The number of methoxy groups -OCH3 is 1. The van der Waals surface area contributed by atoms with E-state index in [0.29, 0.717) is 0 Å². The van der Waals surface area contributed by atoms with Crippen LogP contribution in [0.15, 0.2) is 21.8 Å². The summed E-state index contributed by atoms with van der Waals surface area (Å²) in [5, 5.41) is 0.0802. The third-order valence-corrected chi connectivity index (χ3v) is 9.28. The molecular formula is C17H31IO3Si. The second-order valence-corrected chi connectivity index (χ2v) is 13.2. The second kappa shape index (κ2) is 8.10. The largest absolute Gasteiger partial charge is 0.469 e. The van der Waals surface area contributed by atoms with Crippen molar-refractivity contribution >= 4 is 36.9 Å². The molecule has 0 N–H and O–H groups in total. The smallest absolute Gasteiger partial charge is 0.314 e. The van der Waals surface area contributed by atoms with Crippen LogP contribution >= 0.6 is 22.6 Å². The summed E-state index contributed by atoms with van der Waals surface area (Å²) in [5.74, 6) is -0.248. The Kier molecular flexibility index (Phi) is 8.05. The number of allylic oxidation sites excluding steroid dienone is 2. The van der Waals surface area contributed by atoms with Gasteiger partial charge in [0.15, 0.2) is 8.32 Å². The Hall–Kier alpha value is -0.143. The van der Waals surface area contributed by atoms with Crippen molar-refractivity contribution < 1.29 is 14.0 Å². The summed E-state index contributed by atoms with van der Waals surface area (Å²) in [4.78, 5) is 12.3. The summed E-state index contributed by atoms with van der Waals surface area (Å²) in [7, 11) is -0.585. The lowest BCUT2D eigenvalue weighted by atomic mass is 9.83. The molecule has 1 atom stereocenters. The number of carbonyl (C=O) groups excluding carboxylic acids is 1. The number of hydrogen-bond donors (Lipinski definition) is 0. The first-order chi connectivity index (χ1) is 9.81. The van der Waals surface area contributed by atoms with Gasteiger partial charge < -0.3 is 9.16 Å². The highest BCUT2D eigenvalue weighted by atomic mass is 127. The van der Waals surface area contributed by atoms with E-state index in [1.165, 1.54) is 7.11 Å². The predicted octanol–water partition coefficient (Wildman–Crippen LogP) is 5.47. The van der Waals surface area contributed by atoms with Crippen LogP contribution in [0.4, 0.5) is 0 Å². The van der Waals surface area contributed by atoms with Crippen LogP contribution in [0.3, 0.4) is 0 Å². The molecule has 0 saturated carbocycles. The lowest BCUT2D eigenvalue weighted by Gasteiger charge is -2.43. The van der Waals surface area contributed by atoms with Crippen molar-refractivity contribution in [2.75, 3.05) is 7.11 Å². The monoisotopic (exact) mass is 438 g/mol. The quantitative estimate of drug-likeness (QED) is 0.239. The highest BCUT2D eigenvalue weighted by Crippen LogP contribution is 2.41. The van der Waals surface area contributed by atoms with Gasteiger partial charge in [0.25, 0.3) is 0 Å². The summed E-state index contributed by atoms with van der Waals surface area (Å²) in [6.07, 6.45) is 3.67. The first kappa shape index (κ1) is 21.9. The van der Waals surface area contributed by atoms with Crippen molar-refractivity contribution in [1.82, 2.24) is 0 Å². The van der Waals surface area contributed by atoms with E-state index >= 15 is 0 Å². The summed E-state index contributed by atoms with van der Waals surface area (Å²) >= 11 is 2.18. The van der Waals surface area contributed by atoms with Crippen LogP contribution in [-0.2, 0) is 14.0 Å². The molecule has 0 amide bonds. The molecule has 0 heterocycles. The molecule has 0 unspecified atom stereocenters. The van der Waals surface area contributed by atoms with E-state index < -0.39 is 13.7 Å². The van der Waals surface area contributed by atoms with E-state index in [1.807, 2.05) is 37.0 Å². The fraction of sp³-hybridized carbons (Fsp3) is 0.706. The molecule has 3 nitrogen and oxygen atoms in total. The molecule has 0 aliphatic heterocycles. The molecule has 0 fully saturated rings. The Bertz CT molecular complexity index is 445. The van der Waals surface area contributed by atoms with E-state index in [2.05, 4.69) is 56.5 Å². The minimum Gasteiger partial charge on any atom is -0.469 e. The normalized spacial score (nSPS) is 16.0. The predicted molar refractivity (Wildman–Crippen MR) is 105 cm³/mol.